The molecule has 0 radical (unpaired) electrons. The van der Waals surface area contributed by atoms with Crippen molar-refractivity contribution in [3.8, 4) is 0 Å². The van der Waals surface area contributed by atoms with Gasteiger partial charge in [0, 0.05) is 19.3 Å². The highest BCUT2D eigenvalue weighted by Crippen LogP contribution is 2.12. The van der Waals surface area contributed by atoms with E-state index in [4.69, 9.17) is 14.2 Å². The summed E-state index contributed by atoms with van der Waals surface area (Å²) in [5.74, 6) is -1.01. The molecule has 0 bridgehead atoms. The summed E-state index contributed by atoms with van der Waals surface area (Å²) >= 11 is 0. The minimum absolute atomic E-state index is 0.119. The van der Waals surface area contributed by atoms with Crippen molar-refractivity contribution in [2.24, 2.45) is 0 Å². The summed E-state index contributed by atoms with van der Waals surface area (Å²) in [6.45, 7) is 6.21. The Kier molecular flexibility index (Phi) is 53.6. The first-order valence-electron chi connectivity index (χ1n) is 28.0. The Balaban J connectivity index is 4.58. The highest BCUT2D eigenvalue weighted by atomic mass is 16.6. The van der Waals surface area contributed by atoms with Crippen LogP contribution < -0.4 is 0 Å². The Morgan fingerprint density at radius 2 is 0.507 bits per heavy atom. The molecule has 0 aromatic carbocycles. The van der Waals surface area contributed by atoms with Crippen molar-refractivity contribution in [2.45, 2.75) is 219 Å². The first kappa shape index (κ1) is 66.0. The molecule has 0 fully saturated rings. The second kappa shape index (κ2) is 57.6. The second-order valence-corrected chi connectivity index (χ2v) is 17.7. The van der Waals surface area contributed by atoms with E-state index >= 15 is 0 Å². The lowest BCUT2D eigenvalue weighted by molar-refractivity contribution is -0.167. The minimum Gasteiger partial charge on any atom is -0.462 e. The maximum atomic E-state index is 12.9. The first-order chi connectivity index (χ1) is 35.0. The number of rotatable bonds is 48. The van der Waals surface area contributed by atoms with Crippen LogP contribution in [0.25, 0.3) is 0 Å². The molecule has 0 N–H and O–H groups in total. The van der Waals surface area contributed by atoms with E-state index in [-0.39, 0.29) is 37.5 Å². The predicted octanol–water partition coefficient (Wildman–Crippen LogP) is 19.0. The zero-order chi connectivity index (χ0) is 51.4. The van der Waals surface area contributed by atoms with Crippen molar-refractivity contribution in [1.82, 2.24) is 0 Å². The van der Waals surface area contributed by atoms with Crippen molar-refractivity contribution >= 4 is 17.9 Å². The lowest BCUT2D eigenvalue weighted by atomic mass is 10.1. The van der Waals surface area contributed by atoms with Crippen LogP contribution in [0.4, 0.5) is 0 Å². The summed E-state index contributed by atoms with van der Waals surface area (Å²) in [5.41, 5.74) is 0. The third-order valence-electron chi connectivity index (χ3n) is 11.0. The summed E-state index contributed by atoms with van der Waals surface area (Å²) in [7, 11) is 0. The number of carbonyl (C=O) groups is 3. The number of carbonyl (C=O) groups excluding carboxylic acids is 3. The molecule has 0 aromatic heterocycles. The lowest BCUT2D eigenvalue weighted by Gasteiger charge is -2.18. The molecule has 396 valence electrons. The highest BCUT2D eigenvalue weighted by Gasteiger charge is 2.19. The van der Waals surface area contributed by atoms with Crippen LogP contribution in [-0.2, 0) is 28.6 Å². The van der Waals surface area contributed by atoms with Crippen LogP contribution in [0.2, 0.25) is 0 Å². The van der Waals surface area contributed by atoms with Crippen molar-refractivity contribution < 1.29 is 28.6 Å². The van der Waals surface area contributed by atoms with Crippen molar-refractivity contribution in [3.05, 3.63) is 158 Å². The van der Waals surface area contributed by atoms with Crippen LogP contribution in [0, 0.1) is 0 Å². The fourth-order valence-corrected chi connectivity index (χ4v) is 6.92. The molecule has 0 aliphatic carbocycles. The Morgan fingerprint density at radius 1 is 0.282 bits per heavy atom. The van der Waals surface area contributed by atoms with Gasteiger partial charge in [0.1, 0.15) is 13.2 Å². The zero-order valence-electron chi connectivity index (χ0n) is 45.2. The van der Waals surface area contributed by atoms with Gasteiger partial charge in [0.25, 0.3) is 0 Å². The number of ether oxygens (including phenoxy) is 3. The van der Waals surface area contributed by atoms with Gasteiger partial charge in [-0.2, -0.15) is 0 Å². The van der Waals surface area contributed by atoms with E-state index in [2.05, 4.69) is 179 Å². The highest BCUT2D eigenvalue weighted by molar-refractivity contribution is 5.71. The van der Waals surface area contributed by atoms with E-state index in [0.717, 1.165) is 173 Å². The van der Waals surface area contributed by atoms with Crippen LogP contribution in [0.3, 0.4) is 0 Å². The van der Waals surface area contributed by atoms with E-state index in [1.165, 1.54) is 0 Å². The average Bonchev–Trinajstić information content (AvgIpc) is 3.37. The number of unbranched alkanes of at least 4 members (excludes halogenated alkanes) is 11. The van der Waals surface area contributed by atoms with E-state index < -0.39 is 6.10 Å². The fourth-order valence-electron chi connectivity index (χ4n) is 6.92. The molecule has 0 saturated carbocycles. The molecule has 0 aromatic rings. The van der Waals surface area contributed by atoms with Gasteiger partial charge in [-0.05, 0) is 141 Å². The van der Waals surface area contributed by atoms with Crippen LogP contribution in [0.15, 0.2) is 158 Å². The van der Waals surface area contributed by atoms with E-state index in [1.807, 2.05) is 0 Å². The molecule has 0 heterocycles. The summed E-state index contributed by atoms with van der Waals surface area (Å²) < 4.78 is 16.8. The van der Waals surface area contributed by atoms with E-state index in [0.29, 0.717) is 12.8 Å². The smallest absolute Gasteiger partial charge is 0.306 e. The molecule has 0 amide bonds. The van der Waals surface area contributed by atoms with Gasteiger partial charge < -0.3 is 14.2 Å². The number of allylic oxidation sites excluding steroid dienone is 26. The summed E-state index contributed by atoms with van der Waals surface area (Å²) in [4.78, 5) is 38.2. The van der Waals surface area contributed by atoms with Gasteiger partial charge >= 0.3 is 17.9 Å². The van der Waals surface area contributed by atoms with Crippen LogP contribution in [-0.4, -0.2) is 37.2 Å². The minimum atomic E-state index is -0.824. The predicted molar refractivity (Wildman–Crippen MR) is 306 cm³/mol. The molecule has 0 spiro atoms. The fraction of sp³-hybridized carbons (Fsp3) is 0.554. The topological polar surface area (TPSA) is 78.9 Å². The average molecular weight is 978 g/mol. The monoisotopic (exact) mass is 977 g/mol. The summed E-state index contributed by atoms with van der Waals surface area (Å²) in [6, 6.07) is 0. The molecule has 6 nitrogen and oxygen atoms in total. The normalized spacial score (nSPS) is 13.3. The van der Waals surface area contributed by atoms with E-state index in [1.54, 1.807) is 0 Å². The Labute approximate surface area is 435 Å². The van der Waals surface area contributed by atoms with Gasteiger partial charge in [0.05, 0.1) is 0 Å². The standard InChI is InChI=1S/C65H100O6/c1-4-7-10-13-16-19-22-25-28-31-32-35-37-40-43-46-49-52-55-58-64(67)70-61-62(71-65(68)59-56-53-50-47-44-41-38-34-30-27-24-21-18-15-12-9-6-3)60-69-63(66)57-54-51-48-45-42-39-36-33-29-26-23-20-17-14-11-8-5-2/h7-12,16-21,25-30,32,35-36,38-41,43,62H,4-6,13-15,22-24,31,33-34,37,42,44-61H2,1-3H3/b10-7-,11-8-,12-9-,19-16-,20-17-,21-18-,28-25-,29-26-,30-27-,35-32-,39-36-,41-38-,43-40-. The van der Waals surface area contributed by atoms with Crippen molar-refractivity contribution in [3.63, 3.8) is 0 Å². The number of esters is 3. The maximum absolute atomic E-state index is 12.9. The van der Waals surface area contributed by atoms with Gasteiger partial charge in [-0.3, -0.25) is 14.4 Å². The maximum Gasteiger partial charge on any atom is 0.306 e. The molecular formula is C65H100O6. The Hall–Kier alpha value is -4.97. The molecular weight excluding hydrogens is 877 g/mol. The molecule has 0 aliphatic heterocycles. The van der Waals surface area contributed by atoms with Crippen LogP contribution >= 0.6 is 0 Å². The second-order valence-electron chi connectivity index (χ2n) is 17.7. The Bertz CT molecular complexity index is 1640. The molecule has 6 heteroatoms. The Morgan fingerprint density at radius 3 is 0.789 bits per heavy atom. The van der Waals surface area contributed by atoms with Gasteiger partial charge in [-0.1, -0.05) is 211 Å². The summed E-state index contributed by atoms with van der Waals surface area (Å²) in [6.07, 6.45) is 83.7. The quantitative estimate of drug-likeness (QED) is 0.0262. The molecule has 71 heavy (non-hydrogen) atoms. The molecule has 0 rings (SSSR count). The molecule has 1 atom stereocenters. The lowest BCUT2D eigenvalue weighted by Crippen LogP contribution is -2.30. The van der Waals surface area contributed by atoms with E-state index in [9.17, 15) is 14.4 Å². The number of hydrogen-bond acceptors (Lipinski definition) is 6. The number of hydrogen-bond donors (Lipinski definition) is 0. The molecule has 0 saturated heterocycles. The third kappa shape index (κ3) is 55.8. The SMILES string of the molecule is CC/C=C\C/C=C\C/C=C\C/C=C\C/C=C\CCCCCC(=O)OCC(COC(=O)CCCCCC/C=C\C/C=C\C/C=C\C/C=C\CC)OC(=O)CCCCCC/C=C\C/C=C\C/C=C\C/C=C\CC. The van der Waals surface area contributed by atoms with Gasteiger partial charge in [0.2, 0.25) is 0 Å². The van der Waals surface area contributed by atoms with Gasteiger partial charge in [-0.15, -0.1) is 0 Å². The van der Waals surface area contributed by atoms with Crippen LogP contribution in [0.5, 0.6) is 0 Å². The summed E-state index contributed by atoms with van der Waals surface area (Å²) in [5, 5.41) is 0. The first-order valence-corrected chi connectivity index (χ1v) is 28.0. The van der Waals surface area contributed by atoms with Crippen molar-refractivity contribution in [2.75, 3.05) is 13.2 Å². The molecule has 0 aliphatic rings. The largest absolute Gasteiger partial charge is 0.462 e. The van der Waals surface area contributed by atoms with Gasteiger partial charge in [-0.25, -0.2) is 0 Å². The zero-order valence-corrected chi connectivity index (χ0v) is 45.2. The molecule has 1 unspecified atom stereocenters. The van der Waals surface area contributed by atoms with Gasteiger partial charge in [0.15, 0.2) is 6.10 Å². The van der Waals surface area contributed by atoms with Crippen LogP contribution in [0.1, 0.15) is 213 Å². The van der Waals surface area contributed by atoms with Crippen molar-refractivity contribution in [1.29, 1.82) is 0 Å². The third-order valence-corrected chi connectivity index (χ3v) is 11.0.